The summed E-state index contributed by atoms with van der Waals surface area (Å²) in [6.07, 6.45) is 0. The van der Waals surface area contributed by atoms with E-state index in [1.165, 1.54) is 38.5 Å². The lowest BCUT2D eigenvalue weighted by atomic mass is 10.1. The molecular weight excluding hydrogens is 705 g/mol. The van der Waals surface area contributed by atoms with Gasteiger partial charge in [0.15, 0.2) is 11.6 Å². The van der Waals surface area contributed by atoms with E-state index in [1.54, 1.807) is 60.7 Å². The zero-order valence-electron chi connectivity index (χ0n) is 29.2. The number of ether oxygens (including phenoxy) is 5. The van der Waals surface area contributed by atoms with Crippen molar-refractivity contribution in [3.05, 3.63) is 106 Å². The van der Waals surface area contributed by atoms with Crippen molar-refractivity contribution in [3.63, 3.8) is 0 Å². The molecule has 53 heavy (non-hydrogen) atoms. The van der Waals surface area contributed by atoms with Gasteiger partial charge in [-0.2, -0.15) is 0 Å². The average Bonchev–Trinajstić information content (AvgIpc) is 3.16. The van der Waals surface area contributed by atoms with Crippen molar-refractivity contribution >= 4 is 50.0 Å². The Kier molecular flexibility index (Phi) is 13.2. The van der Waals surface area contributed by atoms with Crippen LogP contribution in [0.4, 0.5) is 23.0 Å². The lowest BCUT2D eigenvalue weighted by Gasteiger charge is -2.16. The quantitative estimate of drug-likeness (QED) is 0.0361. The number of para-hydroxylation sites is 2. The molecule has 0 aliphatic rings. The van der Waals surface area contributed by atoms with Crippen LogP contribution < -0.4 is 29.6 Å². The van der Waals surface area contributed by atoms with Crippen LogP contribution in [-0.4, -0.2) is 78.1 Å². The molecule has 5 aromatic rings. The van der Waals surface area contributed by atoms with Gasteiger partial charge in [-0.25, -0.2) is 18.4 Å². The number of hydrogen-bond acceptors (Lipinski definition) is 12. The van der Waals surface area contributed by atoms with Gasteiger partial charge >= 0.3 is 0 Å². The number of aryl methyl sites for hydroxylation is 1. The molecular formula is C36H38N8O8S. The van der Waals surface area contributed by atoms with Crippen LogP contribution in [0.1, 0.15) is 15.9 Å². The number of carbonyl (C=O) groups is 1. The maximum Gasteiger partial charge on any atom is 0.263 e. The molecule has 0 atom stereocenters. The van der Waals surface area contributed by atoms with Gasteiger partial charge in [-0.1, -0.05) is 23.3 Å². The zero-order valence-corrected chi connectivity index (χ0v) is 30.1. The van der Waals surface area contributed by atoms with Crippen LogP contribution >= 0.6 is 0 Å². The van der Waals surface area contributed by atoms with Gasteiger partial charge in [0, 0.05) is 46.6 Å². The number of anilines is 4. The number of fused-ring (bicyclic) bond motifs is 1. The number of methoxy groups -OCH3 is 2. The second kappa shape index (κ2) is 18.4. The molecule has 0 bridgehead atoms. The molecule has 0 spiro atoms. The molecule has 1 heterocycles. The fraction of sp³-hybridized carbons (Fsp3) is 0.250. The van der Waals surface area contributed by atoms with Gasteiger partial charge in [-0.3, -0.25) is 9.52 Å². The number of hydrogen-bond donors (Lipinski definition) is 3. The molecule has 0 saturated heterocycles. The first-order chi connectivity index (χ1) is 25.7. The standard InChI is InChI=1S/C36H38N8O8S/c1-24-8-9-25(20-33(24)49-3)36(45)40-26-10-12-30(13-11-26)53(46,47)43-35-34(41-31-6-4-5-7-32(31)42-35)39-27-21-28(48-2)23-29(22-27)52-19-18-51-17-16-50-15-14-38-44-37/h4-13,20-23H,14-19H2,1-3H3,(H,39,41)(H,40,45)(H,42,43). The van der Waals surface area contributed by atoms with E-state index < -0.39 is 10.0 Å². The third-order valence-corrected chi connectivity index (χ3v) is 8.89. The van der Waals surface area contributed by atoms with Crippen LogP contribution in [0.15, 0.2) is 94.9 Å². The Morgan fingerprint density at radius 2 is 1.47 bits per heavy atom. The Bertz CT molecular complexity index is 2200. The van der Waals surface area contributed by atoms with E-state index in [9.17, 15) is 13.2 Å². The van der Waals surface area contributed by atoms with Crippen LogP contribution in [0, 0.1) is 6.92 Å². The third-order valence-electron chi connectivity index (χ3n) is 7.54. The van der Waals surface area contributed by atoms with Gasteiger partial charge in [0.05, 0.1) is 56.6 Å². The van der Waals surface area contributed by atoms with Crippen molar-refractivity contribution in [2.45, 2.75) is 11.8 Å². The maximum absolute atomic E-state index is 13.6. The maximum atomic E-state index is 13.6. The van der Waals surface area contributed by atoms with Gasteiger partial charge in [0.25, 0.3) is 15.9 Å². The highest BCUT2D eigenvalue weighted by molar-refractivity contribution is 7.92. The molecule has 0 unspecified atom stereocenters. The summed E-state index contributed by atoms with van der Waals surface area (Å²) in [5, 5.41) is 9.33. The van der Waals surface area contributed by atoms with Crippen LogP contribution in [0.2, 0.25) is 0 Å². The van der Waals surface area contributed by atoms with Crippen molar-refractivity contribution < 1.29 is 36.9 Å². The van der Waals surface area contributed by atoms with E-state index in [0.717, 1.165) is 5.56 Å². The summed E-state index contributed by atoms with van der Waals surface area (Å²) in [6, 6.07) is 23.0. The first-order valence-electron chi connectivity index (χ1n) is 16.3. The number of aromatic nitrogens is 2. The normalized spacial score (nSPS) is 11.0. The Hall–Kier alpha value is -6.13. The van der Waals surface area contributed by atoms with Crippen molar-refractivity contribution in [2.24, 2.45) is 5.11 Å². The van der Waals surface area contributed by atoms with E-state index in [0.29, 0.717) is 65.0 Å². The molecule has 0 radical (unpaired) electrons. The number of amides is 1. The fourth-order valence-corrected chi connectivity index (χ4v) is 5.91. The van der Waals surface area contributed by atoms with Crippen LogP contribution in [-0.2, 0) is 19.5 Å². The van der Waals surface area contributed by atoms with Crippen molar-refractivity contribution in [3.8, 4) is 17.2 Å². The Labute approximate surface area is 306 Å². The molecule has 1 amide bonds. The van der Waals surface area contributed by atoms with Crippen molar-refractivity contribution in [1.82, 2.24) is 9.97 Å². The Balaban J connectivity index is 1.28. The topological polar surface area (TPSA) is 208 Å². The molecule has 5 rings (SSSR count). The molecule has 276 valence electrons. The second-order valence-electron chi connectivity index (χ2n) is 11.2. The summed E-state index contributed by atoms with van der Waals surface area (Å²) in [5.41, 5.74) is 11.5. The fourth-order valence-electron chi connectivity index (χ4n) is 4.90. The molecule has 0 fully saturated rings. The molecule has 0 saturated carbocycles. The van der Waals surface area contributed by atoms with E-state index in [4.69, 9.17) is 29.2 Å². The third kappa shape index (κ3) is 10.7. The number of azide groups is 1. The molecule has 1 aromatic heterocycles. The predicted molar refractivity (Wildman–Crippen MR) is 200 cm³/mol. The SMILES string of the molecule is COc1cc(Nc2nc3ccccc3nc2NS(=O)(=O)c2ccc(NC(=O)c3ccc(C)c(OC)c3)cc2)cc(OCCOCCOCCN=[N+]=[N-])c1. The van der Waals surface area contributed by atoms with Gasteiger partial charge < -0.3 is 34.3 Å². The summed E-state index contributed by atoms with van der Waals surface area (Å²) in [5.74, 6) is 1.23. The van der Waals surface area contributed by atoms with E-state index >= 15 is 0 Å². The summed E-state index contributed by atoms with van der Waals surface area (Å²) in [4.78, 5) is 24.7. The van der Waals surface area contributed by atoms with Crippen molar-refractivity contribution in [2.75, 3.05) is 69.2 Å². The minimum atomic E-state index is -4.17. The molecule has 17 heteroatoms. The molecule has 4 aromatic carbocycles. The summed E-state index contributed by atoms with van der Waals surface area (Å²) >= 11 is 0. The van der Waals surface area contributed by atoms with Gasteiger partial charge in [0.1, 0.15) is 23.9 Å². The lowest BCUT2D eigenvalue weighted by molar-refractivity contribution is 0.0388. The van der Waals surface area contributed by atoms with E-state index in [1.807, 2.05) is 6.92 Å². The minimum absolute atomic E-state index is 0.0465. The highest BCUT2D eigenvalue weighted by atomic mass is 32.2. The highest BCUT2D eigenvalue weighted by Crippen LogP contribution is 2.32. The molecule has 16 nitrogen and oxygen atoms in total. The zero-order chi connectivity index (χ0) is 37.6. The first kappa shape index (κ1) is 38.1. The smallest absolute Gasteiger partial charge is 0.263 e. The number of nitrogens with one attached hydrogen (secondary N) is 3. The van der Waals surface area contributed by atoms with Gasteiger partial charge in [0.2, 0.25) is 0 Å². The summed E-state index contributed by atoms with van der Waals surface area (Å²) in [7, 11) is -1.12. The average molecular weight is 743 g/mol. The molecule has 0 aliphatic heterocycles. The largest absolute Gasteiger partial charge is 0.497 e. The minimum Gasteiger partial charge on any atom is -0.497 e. The number of rotatable bonds is 19. The predicted octanol–water partition coefficient (Wildman–Crippen LogP) is 6.47. The first-order valence-corrected chi connectivity index (χ1v) is 17.8. The van der Waals surface area contributed by atoms with Crippen LogP contribution in [0.5, 0.6) is 17.2 Å². The van der Waals surface area contributed by atoms with E-state index in [2.05, 4.69) is 35.3 Å². The summed E-state index contributed by atoms with van der Waals surface area (Å²) < 4.78 is 57.3. The van der Waals surface area contributed by atoms with Gasteiger partial charge in [-0.05, 0) is 66.5 Å². The van der Waals surface area contributed by atoms with Crippen LogP contribution in [0.3, 0.4) is 0 Å². The number of benzene rings is 4. The Morgan fingerprint density at radius 1 is 0.792 bits per heavy atom. The van der Waals surface area contributed by atoms with E-state index in [-0.39, 0.29) is 42.2 Å². The highest BCUT2D eigenvalue weighted by Gasteiger charge is 2.20. The lowest BCUT2D eigenvalue weighted by Crippen LogP contribution is -2.16. The number of sulfonamides is 1. The number of nitrogens with zero attached hydrogens (tertiary/aromatic N) is 5. The molecule has 0 aliphatic carbocycles. The molecule has 3 N–H and O–H groups in total. The van der Waals surface area contributed by atoms with Gasteiger partial charge in [-0.15, -0.1) is 0 Å². The summed E-state index contributed by atoms with van der Waals surface area (Å²) in [6.45, 7) is 3.66. The van der Waals surface area contributed by atoms with Crippen LogP contribution in [0.25, 0.3) is 21.5 Å². The van der Waals surface area contributed by atoms with Crippen molar-refractivity contribution in [1.29, 1.82) is 0 Å². The second-order valence-corrected chi connectivity index (χ2v) is 12.9. The number of carbonyl (C=O) groups excluding carboxylic acids is 1. The monoisotopic (exact) mass is 742 g/mol. The Morgan fingerprint density at radius 3 is 2.17 bits per heavy atom.